The number of rotatable bonds is 7. The van der Waals surface area contributed by atoms with Gasteiger partial charge in [0.15, 0.2) is 5.76 Å². The van der Waals surface area contributed by atoms with Crippen LogP contribution >= 0.6 is 27.3 Å². The van der Waals surface area contributed by atoms with E-state index in [0.29, 0.717) is 6.04 Å². The molecule has 0 saturated heterocycles. The Kier molecular flexibility index (Phi) is 4.55. The highest BCUT2D eigenvalue weighted by Gasteiger charge is 2.20. The molecule has 20 heavy (non-hydrogen) atoms. The monoisotopic (exact) mass is 355 g/mol. The second-order valence-electron chi connectivity index (χ2n) is 5.34. The van der Waals surface area contributed by atoms with Gasteiger partial charge in [-0.25, -0.2) is 0 Å². The van der Waals surface area contributed by atoms with Crippen LogP contribution in [0.25, 0.3) is 0 Å². The summed E-state index contributed by atoms with van der Waals surface area (Å²) in [5, 5.41) is 9.66. The minimum atomic E-state index is 0.704. The quantitative estimate of drug-likeness (QED) is 0.826. The molecule has 2 heterocycles. The molecule has 108 valence electrons. The third kappa shape index (κ3) is 4.15. The van der Waals surface area contributed by atoms with Gasteiger partial charge in [0.2, 0.25) is 0 Å². The van der Waals surface area contributed by atoms with Gasteiger partial charge in [0, 0.05) is 39.9 Å². The lowest BCUT2D eigenvalue weighted by atomic mass is 10.3. The number of thiophene rings is 1. The van der Waals surface area contributed by atoms with Crippen LogP contribution < -0.4 is 5.32 Å². The smallest absolute Gasteiger partial charge is 0.151 e. The van der Waals surface area contributed by atoms with Gasteiger partial charge in [-0.1, -0.05) is 5.16 Å². The van der Waals surface area contributed by atoms with Crippen LogP contribution in [-0.2, 0) is 19.6 Å². The van der Waals surface area contributed by atoms with Crippen molar-refractivity contribution in [3.63, 3.8) is 0 Å². The molecule has 1 aliphatic rings. The van der Waals surface area contributed by atoms with Crippen LogP contribution in [0.4, 0.5) is 0 Å². The Hall–Kier alpha value is -0.690. The summed E-state index contributed by atoms with van der Waals surface area (Å²) in [4.78, 5) is 3.58. The van der Waals surface area contributed by atoms with E-state index in [1.165, 1.54) is 17.7 Å². The number of hydrogen-bond donors (Lipinski definition) is 1. The highest BCUT2D eigenvalue weighted by atomic mass is 79.9. The Labute approximate surface area is 131 Å². The molecule has 3 rings (SSSR count). The van der Waals surface area contributed by atoms with Crippen LogP contribution in [0.15, 0.2) is 26.5 Å². The fourth-order valence-electron chi connectivity index (χ4n) is 2.07. The zero-order chi connectivity index (χ0) is 13.9. The van der Waals surface area contributed by atoms with E-state index >= 15 is 0 Å². The first-order chi connectivity index (χ1) is 9.69. The number of hydrogen-bond acceptors (Lipinski definition) is 5. The average Bonchev–Trinajstić information content (AvgIpc) is 3.00. The van der Waals surface area contributed by atoms with E-state index in [1.54, 1.807) is 11.3 Å². The number of nitrogens with zero attached hydrogens (tertiary/aromatic N) is 2. The first-order valence-electron chi connectivity index (χ1n) is 6.78. The first kappa shape index (κ1) is 14.3. The molecule has 0 unspecified atom stereocenters. The molecule has 1 N–H and O–H groups in total. The second-order valence-corrected chi connectivity index (χ2v) is 7.25. The molecule has 0 atom stereocenters. The summed E-state index contributed by atoms with van der Waals surface area (Å²) in [6.07, 6.45) is 2.59. The van der Waals surface area contributed by atoms with E-state index in [4.69, 9.17) is 4.52 Å². The maximum absolute atomic E-state index is 5.39. The molecule has 1 fully saturated rings. The van der Waals surface area contributed by atoms with Gasteiger partial charge in [0.25, 0.3) is 0 Å². The molecule has 1 saturated carbocycles. The predicted octanol–water partition coefficient (Wildman–Crippen LogP) is 3.38. The predicted molar refractivity (Wildman–Crippen MR) is 83.6 cm³/mol. The lowest BCUT2D eigenvalue weighted by molar-refractivity contribution is 0.267. The van der Waals surface area contributed by atoms with Gasteiger partial charge in [-0.15, -0.1) is 11.3 Å². The molecule has 2 aromatic rings. The highest BCUT2D eigenvalue weighted by molar-refractivity contribution is 9.10. The van der Waals surface area contributed by atoms with Crippen molar-refractivity contribution in [2.45, 2.75) is 38.5 Å². The minimum absolute atomic E-state index is 0.704. The molecular formula is C14H18BrN3OS. The second kappa shape index (κ2) is 6.39. The van der Waals surface area contributed by atoms with Gasteiger partial charge in [-0.2, -0.15) is 0 Å². The van der Waals surface area contributed by atoms with Crippen LogP contribution in [0.5, 0.6) is 0 Å². The van der Waals surface area contributed by atoms with Crippen molar-refractivity contribution in [1.82, 2.24) is 15.4 Å². The molecule has 4 nitrogen and oxygen atoms in total. The molecule has 0 radical (unpaired) electrons. The minimum Gasteiger partial charge on any atom is -0.360 e. The number of aromatic nitrogens is 1. The highest BCUT2D eigenvalue weighted by Crippen LogP contribution is 2.22. The molecule has 0 aliphatic heterocycles. The van der Waals surface area contributed by atoms with Crippen molar-refractivity contribution in [3.05, 3.63) is 38.3 Å². The van der Waals surface area contributed by atoms with Gasteiger partial charge in [-0.3, -0.25) is 4.90 Å². The third-order valence-corrected chi connectivity index (χ3v) is 4.91. The van der Waals surface area contributed by atoms with Crippen molar-refractivity contribution < 1.29 is 4.52 Å². The van der Waals surface area contributed by atoms with E-state index in [9.17, 15) is 0 Å². The van der Waals surface area contributed by atoms with Gasteiger partial charge in [0.05, 0.1) is 12.2 Å². The SMILES string of the molecule is CN(Cc1cc(CNC2CC2)no1)Cc1cc(Br)cs1. The van der Waals surface area contributed by atoms with E-state index in [0.717, 1.165) is 35.6 Å². The molecule has 2 aromatic heterocycles. The van der Waals surface area contributed by atoms with Crippen LogP contribution in [0.3, 0.4) is 0 Å². The van der Waals surface area contributed by atoms with Crippen molar-refractivity contribution in [3.8, 4) is 0 Å². The van der Waals surface area contributed by atoms with Crippen LogP contribution in [0.1, 0.15) is 29.2 Å². The maximum atomic E-state index is 5.39. The molecule has 0 bridgehead atoms. The van der Waals surface area contributed by atoms with Crippen molar-refractivity contribution in [2.75, 3.05) is 7.05 Å². The largest absolute Gasteiger partial charge is 0.360 e. The summed E-state index contributed by atoms with van der Waals surface area (Å²) in [6.45, 7) is 2.52. The molecular weight excluding hydrogens is 338 g/mol. The zero-order valence-electron chi connectivity index (χ0n) is 11.4. The van der Waals surface area contributed by atoms with Crippen molar-refractivity contribution >= 4 is 27.3 Å². The van der Waals surface area contributed by atoms with Crippen molar-refractivity contribution in [2.24, 2.45) is 0 Å². The van der Waals surface area contributed by atoms with Gasteiger partial charge < -0.3 is 9.84 Å². The molecule has 0 spiro atoms. The van der Waals surface area contributed by atoms with E-state index < -0.39 is 0 Å². The Morgan fingerprint density at radius 3 is 3.00 bits per heavy atom. The molecule has 0 amide bonds. The van der Waals surface area contributed by atoms with Crippen LogP contribution in [0, 0.1) is 0 Å². The molecule has 6 heteroatoms. The Bertz CT molecular complexity index is 564. The standard InChI is InChI=1S/C14H18BrN3OS/c1-18(8-14-4-10(15)9-20-14)7-13-5-12(17-19-13)6-16-11-2-3-11/h4-5,9,11,16H,2-3,6-8H2,1H3. The van der Waals surface area contributed by atoms with E-state index in [-0.39, 0.29) is 0 Å². The fraction of sp³-hybridized carbons (Fsp3) is 0.500. The topological polar surface area (TPSA) is 41.3 Å². The lowest BCUT2D eigenvalue weighted by Crippen LogP contribution is -2.16. The average molecular weight is 356 g/mol. The summed E-state index contributed by atoms with van der Waals surface area (Å²) in [6, 6.07) is 4.91. The molecule has 0 aromatic carbocycles. The van der Waals surface area contributed by atoms with Gasteiger partial charge >= 0.3 is 0 Å². The Morgan fingerprint density at radius 1 is 1.45 bits per heavy atom. The van der Waals surface area contributed by atoms with Gasteiger partial charge in [-0.05, 0) is 41.9 Å². The normalized spacial score (nSPS) is 15.2. The Morgan fingerprint density at radius 2 is 2.30 bits per heavy atom. The lowest BCUT2D eigenvalue weighted by Gasteiger charge is -2.12. The molecule has 1 aliphatic carbocycles. The van der Waals surface area contributed by atoms with Crippen LogP contribution in [0.2, 0.25) is 0 Å². The summed E-state index contributed by atoms with van der Waals surface area (Å²) >= 11 is 5.25. The van der Waals surface area contributed by atoms with Gasteiger partial charge in [0.1, 0.15) is 0 Å². The maximum Gasteiger partial charge on any atom is 0.151 e. The Balaban J connectivity index is 1.48. The van der Waals surface area contributed by atoms with Crippen molar-refractivity contribution in [1.29, 1.82) is 0 Å². The number of nitrogens with one attached hydrogen (secondary N) is 1. The number of halogens is 1. The van der Waals surface area contributed by atoms with Crippen LogP contribution in [-0.4, -0.2) is 23.1 Å². The van der Waals surface area contributed by atoms with E-state index in [1.807, 2.05) is 0 Å². The summed E-state index contributed by atoms with van der Waals surface area (Å²) in [7, 11) is 2.10. The summed E-state index contributed by atoms with van der Waals surface area (Å²) < 4.78 is 6.55. The zero-order valence-corrected chi connectivity index (χ0v) is 13.8. The van der Waals surface area contributed by atoms with E-state index in [2.05, 4.69) is 55.9 Å². The third-order valence-electron chi connectivity index (χ3n) is 3.23. The fourth-order valence-corrected chi connectivity index (χ4v) is 3.60. The first-order valence-corrected chi connectivity index (χ1v) is 8.45. The summed E-state index contributed by atoms with van der Waals surface area (Å²) in [5.41, 5.74) is 0.999. The summed E-state index contributed by atoms with van der Waals surface area (Å²) in [5.74, 6) is 0.927.